The molecule has 0 saturated heterocycles. The van der Waals surface area contributed by atoms with Crippen LogP contribution in [0.15, 0.2) is 16.6 Å². The minimum atomic E-state index is -0.346. The quantitative estimate of drug-likeness (QED) is 0.619. The fourth-order valence-electron chi connectivity index (χ4n) is 1.86. The summed E-state index contributed by atoms with van der Waals surface area (Å²) in [6, 6.07) is 3.36. The highest BCUT2D eigenvalue weighted by Gasteiger charge is 2.27. The molecule has 0 amide bonds. The molecular weight excluding hydrogens is 248 g/mol. The van der Waals surface area contributed by atoms with E-state index in [0.717, 1.165) is 22.0 Å². The van der Waals surface area contributed by atoms with Gasteiger partial charge in [-0.25, -0.2) is 0 Å². The molecule has 0 aliphatic heterocycles. The van der Waals surface area contributed by atoms with Crippen LogP contribution < -0.4 is 5.73 Å². The lowest BCUT2D eigenvalue weighted by Crippen LogP contribution is -2.05. The fraction of sp³-hybridized carbons (Fsp3) is 0.333. The Balaban J connectivity index is 2.63. The van der Waals surface area contributed by atoms with Crippen LogP contribution in [0.1, 0.15) is 23.6 Å². The summed E-state index contributed by atoms with van der Waals surface area (Å²) in [7, 11) is 0. The second-order valence-electron chi connectivity index (χ2n) is 3.39. The van der Waals surface area contributed by atoms with Gasteiger partial charge < -0.3 is 5.73 Å². The molecule has 1 aromatic carbocycles. The molecule has 1 aliphatic carbocycles. The normalized spacial score (nSPS) is 19.4. The molecule has 0 saturated carbocycles. The molecule has 0 spiro atoms. The zero-order chi connectivity index (χ0) is 10.3. The molecule has 0 aromatic heterocycles. The Bertz CT molecular complexity index is 406. The summed E-state index contributed by atoms with van der Waals surface area (Å²) in [4.78, 5) is 10.4. The summed E-state index contributed by atoms with van der Waals surface area (Å²) in [5, 5.41) is 10.8. The van der Waals surface area contributed by atoms with E-state index in [1.54, 1.807) is 0 Å². The Kier molecular flexibility index (Phi) is 2.28. The molecule has 1 aliphatic rings. The van der Waals surface area contributed by atoms with E-state index in [9.17, 15) is 10.1 Å². The van der Waals surface area contributed by atoms with Gasteiger partial charge >= 0.3 is 0 Å². The third-order valence-corrected chi connectivity index (χ3v) is 2.98. The van der Waals surface area contributed by atoms with E-state index in [1.165, 1.54) is 6.07 Å². The van der Waals surface area contributed by atoms with Crippen LogP contribution in [-0.4, -0.2) is 4.92 Å². The fourth-order valence-corrected chi connectivity index (χ4v) is 2.33. The Hall–Kier alpha value is -0.940. The van der Waals surface area contributed by atoms with E-state index >= 15 is 0 Å². The van der Waals surface area contributed by atoms with Gasteiger partial charge in [-0.3, -0.25) is 10.1 Å². The van der Waals surface area contributed by atoms with Crippen LogP contribution in [0.5, 0.6) is 0 Å². The smallest absolute Gasteiger partial charge is 0.274 e. The Morgan fingerprint density at radius 3 is 2.93 bits per heavy atom. The summed E-state index contributed by atoms with van der Waals surface area (Å²) in [6.07, 6.45) is 1.51. The Morgan fingerprint density at radius 2 is 2.29 bits per heavy atom. The van der Waals surface area contributed by atoms with Crippen molar-refractivity contribution in [2.24, 2.45) is 5.73 Å². The third kappa shape index (κ3) is 1.42. The second kappa shape index (κ2) is 3.33. The van der Waals surface area contributed by atoms with Crippen LogP contribution in [0.4, 0.5) is 5.69 Å². The van der Waals surface area contributed by atoms with Crippen LogP contribution in [0.25, 0.3) is 0 Å². The average Bonchev–Trinajstić information content (AvgIpc) is 2.47. The maximum Gasteiger partial charge on any atom is 0.274 e. The van der Waals surface area contributed by atoms with Crippen LogP contribution in [0.2, 0.25) is 0 Å². The maximum absolute atomic E-state index is 10.8. The van der Waals surface area contributed by atoms with E-state index in [1.807, 2.05) is 6.07 Å². The average molecular weight is 257 g/mol. The topological polar surface area (TPSA) is 69.2 Å². The first kappa shape index (κ1) is 9.61. The monoisotopic (exact) mass is 256 g/mol. The molecule has 1 atom stereocenters. The summed E-state index contributed by atoms with van der Waals surface area (Å²) in [5.74, 6) is 0. The van der Waals surface area contributed by atoms with Crippen molar-refractivity contribution in [3.63, 3.8) is 0 Å². The molecule has 1 aromatic rings. The maximum atomic E-state index is 10.8. The second-order valence-corrected chi connectivity index (χ2v) is 4.31. The first-order valence-corrected chi connectivity index (χ1v) is 5.11. The number of rotatable bonds is 1. The Morgan fingerprint density at radius 1 is 1.57 bits per heavy atom. The predicted molar refractivity (Wildman–Crippen MR) is 56.0 cm³/mol. The van der Waals surface area contributed by atoms with Crippen molar-refractivity contribution in [2.45, 2.75) is 18.9 Å². The molecule has 0 bridgehead atoms. The van der Waals surface area contributed by atoms with Gasteiger partial charge in [0.25, 0.3) is 5.69 Å². The molecule has 74 valence electrons. The molecule has 2 N–H and O–H groups in total. The lowest BCUT2D eigenvalue weighted by atomic mass is 10.1. The number of benzene rings is 1. The van der Waals surface area contributed by atoms with Gasteiger partial charge in [0.2, 0.25) is 0 Å². The minimum Gasteiger partial charge on any atom is -0.324 e. The SMILES string of the molecule is N[C@@H]1CCc2c1cc(Br)cc2[N+](=O)[O-]. The summed E-state index contributed by atoms with van der Waals surface area (Å²) in [6.45, 7) is 0. The molecule has 5 heteroatoms. The van der Waals surface area contributed by atoms with Gasteiger partial charge in [-0.05, 0) is 24.5 Å². The van der Waals surface area contributed by atoms with Gasteiger partial charge in [0.15, 0.2) is 0 Å². The van der Waals surface area contributed by atoms with Gasteiger partial charge in [-0.2, -0.15) is 0 Å². The van der Waals surface area contributed by atoms with Gasteiger partial charge in [0.1, 0.15) is 0 Å². The number of nitro benzene ring substituents is 1. The first-order chi connectivity index (χ1) is 6.59. The predicted octanol–water partition coefficient (Wildman–Crippen LogP) is 2.30. The van der Waals surface area contributed by atoms with E-state index in [0.29, 0.717) is 6.42 Å². The van der Waals surface area contributed by atoms with Crippen LogP contribution in [0.3, 0.4) is 0 Å². The standard InChI is InChI=1S/C9H9BrN2O2/c10-5-3-7-6(1-2-8(7)11)9(4-5)12(13)14/h3-4,8H,1-2,11H2/t8-/m1/s1. The number of hydrogen-bond donors (Lipinski definition) is 1. The number of hydrogen-bond acceptors (Lipinski definition) is 3. The summed E-state index contributed by atoms with van der Waals surface area (Å²) >= 11 is 3.25. The highest BCUT2D eigenvalue weighted by atomic mass is 79.9. The zero-order valence-electron chi connectivity index (χ0n) is 7.37. The molecule has 14 heavy (non-hydrogen) atoms. The molecule has 0 fully saturated rings. The van der Waals surface area contributed by atoms with Crippen molar-refractivity contribution in [3.05, 3.63) is 37.8 Å². The third-order valence-electron chi connectivity index (χ3n) is 2.53. The van der Waals surface area contributed by atoms with Gasteiger partial charge in [0.05, 0.1) is 4.92 Å². The summed E-state index contributed by atoms with van der Waals surface area (Å²) < 4.78 is 0.723. The number of nitro groups is 1. The van der Waals surface area contributed by atoms with Crippen LogP contribution >= 0.6 is 15.9 Å². The molecule has 0 radical (unpaired) electrons. The van der Waals surface area contributed by atoms with Gasteiger partial charge in [0, 0.05) is 22.1 Å². The highest BCUT2D eigenvalue weighted by molar-refractivity contribution is 9.10. The van der Waals surface area contributed by atoms with E-state index in [-0.39, 0.29) is 16.7 Å². The van der Waals surface area contributed by atoms with Gasteiger partial charge in [-0.15, -0.1) is 0 Å². The molecular formula is C9H9BrN2O2. The number of fused-ring (bicyclic) bond motifs is 1. The number of nitrogens with zero attached hydrogens (tertiary/aromatic N) is 1. The highest BCUT2D eigenvalue weighted by Crippen LogP contribution is 2.37. The number of nitrogens with two attached hydrogens (primary N) is 1. The van der Waals surface area contributed by atoms with Crippen molar-refractivity contribution >= 4 is 21.6 Å². The molecule has 4 nitrogen and oxygen atoms in total. The van der Waals surface area contributed by atoms with E-state index < -0.39 is 0 Å². The van der Waals surface area contributed by atoms with E-state index in [4.69, 9.17) is 5.73 Å². The lowest BCUT2D eigenvalue weighted by Gasteiger charge is -2.05. The molecule has 0 unspecified atom stereocenters. The summed E-state index contributed by atoms with van der Waals surface area (Å²) in [5.41, 5.74) is 7.73. The first-order valence-electron chi connectivity index (χ1n) is 4.32. The largest absolute Gasteiger partial charge is 0.324 e. The van der Waals surface area contributed by atoms with Crippen molar-refractivity contribution in [2.75, 3.05) is 0 Å². The van der Waals surface area contributed by atoms with Crippen LogP contribution in [0, 0.1) is 10.1 Å². The van der Waals surface area contributed by atoms with E-state index in [2.05, 4.69) is 15.9 Å². The number of halogens is 1. The van der Waals surface area contributed by atoms with Gasteiger partial charge in [-0.1, -0.05) is 15.9 Å². The molecule has 0 heterocycles. The molecule has 2 rings (SSSR count). The Labute approximate surface area is 89.4 Å². The van der Waals surface area contributed by atoms with Crippen molar-refractivity contribution in [1.82, 2.24) is 0 Å². The zero-order valence-corrected chi connectivity index (χ0v) is 8.95. The van der Waals surface area contributed by atoms with Crippen molar-refractivity contribution in [3.8, 4) is 0 Å². The van der Waals surface area contributed by atoms with Crippen molar-refractivity contribution in [1.29, 1.82) is 0 Å². The minimum absolute atomic E-state index is 0.0544. The lowest BCUT2D eigenvalue weighted by molar-refractivity contribution is -0.385. The van der Waals surface area contributed by atoms with Crippen molar-refractivity contribution < 1.29 is 4.92 Å². The van der Waals surface area contributed by atoms with Crippen LogP contribution in [-0.2, 0) is 6.42 Å².